The van der Waals surface area contributed by atoms with Crippen LogP contribution in [0.25, 0.3) is 11.4 Å². The number of aromatic nitrogens is 2. The molecule has 26 heavy (non-hydrogen) atoms. The number of nitrogens with zero attached hydrogens (tertiary/aromatic N) is 2. The molecule has 3 rings (SSSR count). The molecule has 1 fully saturated rings. The van der Waals surface area contributed by atoms with Gasteiger partial charge in [0.05, 0.1) is 0 Å². The molecule has 1 N–H and O–H groups in total. The first kappa shape index (κ1) is 18.9. The molecule has 0 spiro atoms. The highest BCUT2D eigenvalue weighted by Gasteiger charge is 2.22. The second kappa shape index (κ2) is 9.70. The van der Waals surface area contributed by atoms with Gasteiger partial charge in [0.2, 0.25) is 0 Å². The first-order valence-electron chi connectivity index (χ1n) is 10.4. The maximum atomic E-state index is 9.39. The molecular formula is C23H32N2O. The van der Waals surface area contributed by atoms with E-state index in [1.807, 2.05) is 24.5 Å². The van der Waals surface area contributed by atoms with Crippen molar-refractivity contribution in [1.82, 2.24) is 9.97 Å². The van der Waals surface area contributed by atoms with Gasteiger partial charge in [0.1, 0.15) is 5.75 Å². The zero-order valence-electron chi connectivity index (χ0n) is 16.0. The molecule has 2 aromatic rings. The summed E-state index contributed by atoms with van der Waals surface area (Å²) in [7, 11) is 0. The Morgan fingerprint density at radius 3 is 2.19 bits per heavy atom. The lowest BCUT2D eigenvalue weighted by Crippen LogP contribution is -2.14. The smallest absolute Gasteiger partial charge is 0.159 e. The monoisotopic (exact) mass is 352 g/mol. The fraction of sp³-hybridized carbons (Fsp3) is 0.565. The number of phenolic OH excluding ortho intramolecular Hbond substituents is 1. The molecule has 0 unspecified atom stereocenters. The van der Waals surface area contributed by atoms with Crippen molar-refractivity contribution in [1.29, 1.82) is 0 Å². The number of benzene rings is 1. The molecule has 0 bridgehead atoms. The lowest BCUT2D eigenvalue weighted by molar-refractivity contribution is 0.301. The molecule has 3 heteroatoms. The number of hydrogen-bond acceptors (Lipinski definition) is 3. The molecule has 1 saturated carbocycles. The van der Waals surface area contributed by atoms with E-state index in [0.717, 1.165) is 17.3 Å². The van der Waals surface area contributed by atoms with Crippen LogP contribution >= 0.6 is 0 Å². The van der Waals surface area contributed by atoms with E-state index < -0.39 is 0 Å². The predicted octanol–water partition coefficient (Wildman–Crippen LogP) is 6.48. The molecule has 0 aliphatic heterocycles. The summed E-state index contributed by atoms with van der Waals surface area (Å²) in [6.07, 6.45) is 17.7. The molecule has 1 aliphatic carbocycles. The summed E-state index contributed by atoms with van der Waals surface area (Å²) in [6.45, 7) is 2.28. The quantitative estimate of drug-likeness (QED) is 0.553. The van der Waals surface area contributed by atoms with Crippen LogP contribution in [-0.2, 0) is 0 Å². The number of rotatable bonds is 8. The van der Waals surface area contributed by atoms with E-state index in [4.69, 9.17) is 0 Å². The summed E-state index contributed by atoms with van der Waals surface area (Å²) in [5.74, 6) is 2.56. The van der Waals surface area contributed by atoms with E-state index in [-0.39, 0.29) is 5.75 Å². The Morgan fingerprint density at radius 1 is 0.885 bits per heavy atom. The second-order valence-corrected chi connectivity index (χ2v) is 7.81. The van der Waals surface area contributed by atoms with Crippen molar-refractivity contribution in [2.45, 2.75) is 77.0 Å². The van der Waals surface area contributed by atoms with E-state index >= 15 is 0 Å². The molecule has 0 radical (unpaired) electrons. The second-order valence-electron chi connectivity index (χ2n) is 7.81. The summed E-state index contributed by atoms with van der Waals surface area (Å²) in [4.78, 5) is 9.12. The summed E-state index contributed by atoms with van der Waals surface area (Å²) >= 11 is 0. The molecule has 0 amide bonds. The zero-order chi connectivity index (χ0) is 18.2. The minimum absolute atomic E-state index is 0.271. The Bertz CT molecular complexity index is 643. The Labute approximate surface area is 157 Å². The van der Waals surface area contributed by atoms with Gasteiger partial charge in [-0.25, -0.2) is 9.97 Å². The minimum Gasteiger partial charge on any atom is -0.508 e. The SMILES string of the molecule is CCCCCCCC1CCC(c2cnc(-c3ccc(O)cc3)nc2)CC1. The summed E-state index contributed by atoms with van der Waals surface area (Å²) in [5, 5.41) is 9.39. The number of hydrogen-bond donors (Lipinski definition) is 1. The molecule has 1 aromatic carbocycles. The topological polar surface area (TPSA) is 46.0 Å². The van der Waals surface area contributed by atoms with E-state index in [2.05, 4.69) is 16.9 Å². The van der Waals surface area contributed by atoms with Crippen molar-refractivity contribution < 1.29 is 5.11 Å². The van der Waals surface area contributed by atoms with E-state index in [1.54, 1.807) is 12.1 Å². The Hall–Kier alpha value is -1.90. The number of unbranched alkanes of at least 4 members (excludes halogenated alkanes) is 4. The van der Waals surface area contributed by atoms with Gasteiger partial charge in [-0.3, -0.25) is 0 Å². The third-order valence-electron chi connectivity index (χ3n) is 5.83. The standard InChI is InChI=1S/C23H32N2O/c1-2-3-4-5-6-7-18-8-10-19(11-9-18)21-16-24-23(25-17-21)20-12-14-22(26)15-13-20/h12-19,26H,2-11H2,1H3. The van der Waals surface area contributed by atoms with Gasteiger partial charge in [0.15, 0.2) is 5.82 Å². The maximum Gasteiger partial charge on any atom is 0.159 e. The van der Waals surface area contributed by atoms with Crippen LogP contribution < -0.4 is 0 Å². The van der Waals surface area contributed by atoms with Gasteiger partial charge in [-0.05, 0) is 67.3 Å². The highest BCUT2D eigenvalue weighted by Crippen LogP contribution is 2.37. The average molecular weight is 353 g/mol. The van der Waals surface area contributed by atoms with Crippen LogP contribution in [-0.4, -0.2) is 15.1 Å². The van der Waals surface area contributed by atoms with Gasteiger partial charge >= 0.3 is 0 Å². The van der Waals surface area contributed by atoms with E-state index in [0.29, 0.717) is 5.92 Å². The molecule has 3 nitrogen and oxygen atoms in total. The molecular weight excluding hydrogens is 320 g/mol. The van der Waals surface area contributed by atoms with Crippen LogP contribution in [0.4, 0.5) is 0 Å². The van der Waals surface area contributed by atoms with Crippen LogP contribution in [0.2, 0.25) is 0 Å². The highest BCUT2D eigenvalue weighted by molar-refractivity contribution is 5.55. The van der Waals surface area contributed by atoms with Crippen molar-refractivity contribution in [3.8, 4) is 17.1 Å². The highest BCUT2D eigenvalue weighted by atomic mass is 16.3. The molecule has 0 atom stereocenters. The molecule has 140 valence electrons. The van der Waals surface area contributed by atoms with Gasteiger partial charge in [0.25, 0.3) is 0 Å². The van der Waals surface area contributed by atoms with Crippen LogP contribution in [0.5, 0.6) is 5.75 Å². The third kappa shape index (κ3) is 5.30. The van der Waals surface area contributed by atoms with Gasteiger partial charge in [0, 0.05) is 18.0 Å². The number of phenols is 1. The molecule has 1 aliphatic rings. The van der Waals surface area contributed by atoms with Crippen LogP contribution in [0.15, 0.2) is 36.7 Å². The molecule has 1 heterocycles. The largest absolute Gasteiger partial charge is 0.508 e. The van der Waals surface area contributed by atoms with Crippen LogP contribution in [0, 0.1) is 5.92 Å². The third-order valence-corrected chi connectivity index (χ3v) is 5.83. The van der Waals surface area contributed by atoms with Crippen molar-refractivity contribution in [3.05, 3.63) is 42.2 Å². The predicted molar refractivity (Wildman–Crippen MR) is 107 cm³/mol. The molecule has 1 aromatic heterocycles. The zero-order valence-corrected chi connectivity index (χ0v) is 16.0. The fourth-order valence-electron chi connectivity index (χ4n) is 4.13. The normalized spacial score (nSPS) is 20.2. The Morgan fingerprint density at radius 2 is 1.54 bits per heavy atom. The van der Waals surface area contributed by atoms with E-state index in [1.165, 1.54) is 69.8 Å². The lowest BCUT2D eigenvalue weighted by Gasteiger charge is -2.28. The summed E-state index contributed by atoms with van der Waals surface area (Å²) in [5.41, 5.74) is 2.23. The van der Waals surface area contributed by atoms with Crippen LogP contribution in [0.3, 0.4) is 0 Å². The van der Waals surface area contributed by atoms with Gasteiger partial charge < -0.3 is 5.11 Å². The molecule has 0 saturated heterocycles. The lowest BCUT2D eigenvalue weighted by atomic mass is 9.77. The average Bonchev–Trinajstić information content (AvgIpc) is 2.69. The first-order chi connectivity index (χ1) is 12.8. The number of aromatic hydroxyl groups is 1. The summed E-state index contributed by atoms with van der Waals surface area (Å²) < 4.78 is 0. The van der Waals surface area contributed by atoms with Crippen molar-refractivity contribution in [2.24, 2.45) is 5.92 Å². The summed E-state index contributed by atoms with van der Waals surface area (Å²) in [6, 6.07) is 7.07. The maximum absolute atomic E-state index is 9.39. The fourth-order valence-corrected chi connectivity index (χ4v) is 4.13. The van der Waals surface area contributed by atoms with Crippen molar-refractivity contribution in [3.63, 3.8) is 0 Å². The Balaban J connectivity index is 1.46. The minimum atomic E-state index is 0.271. The van der Waals surface area contributed by atoms with Gasteiger partial charge in [-0.2, -0.15) is 0 Å². The van der Waals surface area contributed by atoms with Crippen LogP contribution in [0.1, 0.15) is 82.6 Å². The Kier molecular flexibility index (Phi) is 7.04. The van der Waals surface area contributed by atoms with Gasteiger partial charge in [-0.15, -0.1) is 0 Å². The van der Waals surface area contributed by atoms with Crippen molar-refractivity contribution in [2.75, 3.05) is 0 Å². The van der Waals surface area contributed by atoms with Crippen molar-refractivity contribution >= 4 is 0 Å². The van der Waals surface area contributed by atoms with E-state index in [9.17, 15) is 5.11 Å². The van der Waals surface area contributed by atoms with Gasteiger partial charge in [-0.1, -0.05) is 45.4 Å². The first-order valence-corrected chi connectivity index (χ1v) is 10.4.